The van der Waals surface area contributed by atoms with Crippen LogP contribution in [0.1, 0.15) is 5.69 Å². The zero-order chi connectivity index (χ0) is 7.84. The first-order valence-corrected chi connectivity index (χ1v) is 4.03. The van der Waals surface area contributed by atoms with E-state index in [1.54, 1.807) is 6.21 Å². The minimum Gasteiger partial charge on any atom is -0.338 e. The van der Waals surface area contributed by atoms with Crippen LogP contribution >= 0.6 is 15.9 Å². The van der Waals surface area contributed by atoms with Crippen LogP contribution in [0, 0.1) is 0 Å². The van der Waals surface area contributed by atoms with Crippen molar-refractivity contribution in [1.82, 2.24) is 9.97 Å². The van der Waals surface area contributed by atoms with E-state index in [0.717, 1.165) is 16.2 Å². The minimum absolute atomic E-state index is 0.685. The molecule has 0 radical (unpaired) electrons. The summed E-state index contributed by atoms with van der Waals surface area (Å²) in [6.07, 6.45) is 1.80. The van der Waals surface area contributed by atoms with E-state index in [0.29, 0.717) is 6.67 Å². The Labute approximate surface area is 72.5 Å². The van der Waals surface area contributed by atoms with Gasteiger partial charge < -0.3 is 9.88 Å². The van der Waals surface area contributed by atoms with E-state index in [2.05, 4.69) is 30.9 Å². The zero-order valence-corrected chi connectivity index (χ0v) is 7.59. The lowest BCUT2D eigenvalue weighted by atomic mass is 10.4. The fourth-order valence-electron chi connectivity index (χ4n) is 1.05. The second kappa shape index (κ2) is 2.34. The predicted molar refractivity (Wildman–Crippen MR) is 47.2 cm³/mol. The van der Waals surface area contributed by atoms with Crippen molar-refractivity contribution in [3.63, 3.8) is 0 Å². The maximum absolute atomic E-state index is 4.23. The zero-order valence-electron chi connectivity index (χ0n) is 6.00. The van der Waals surface area contributed by atoms with Crippen LogP contribution in [0.15, 0.2) is 9.73 Å². The quantitative estimate of drug-likeness (QED) is 0.701. The van der Waals surface area contributed by atoms with Crippen LogP contribution in [0.25, 0.3) is 0 Å². The number of aliphatic imine (C=N–C) groups is 1. The number of hydrogen-bond donors (Lipinski definition) is 1. The van der Waals surface area contributed by atoms with Gasteiger partial charge in [0.1, 0.15) is 12.4 Å². The number of fused-ring (bicyclic) bond motifs is 1. The van der Waals surface area contributed by atoms with Crippen molar-refractivity contribution in [3.8, 4) is 0 Å². The lowest BCUT2D eigenvalue weighted by Gasteiger charge is -2.17. The molecule has 4 nitrogen and oxygen atoms in total. The van der Waals surface area contributed by atoms with Gasteiger partial charge in [-0.2, -0.15) is 0 Å². The van der Waals surface area contributed by atoms with Crippen LogP contribution in [0.4, 0.5) is 5.82 Å². The fourth-order valence-corrected chi connectivity index (χ4v) is 1.43. The van der Waals surface area contributed by atoms with Crippen molar-refractivity contribution >= 4 is 28.0 Å². The topological polar surface area (TPSA) is 44.3 Å². The summed E-state index contributed by atoms with van der Waals surface area (Å²) in [7, 11) is 1.96. The maximum atomic E-state index is 4.23. The standard InChI is InChI=1S/C6H7BrN4/c1-11-3-8-2-4-5(11)10-6(7)9-4/h2H,3H2,1H3,(H,9,10). The Kier molecular flexibility index (Phi) is 1.45. The molecule has 1 N–H and O–H groups in total. The summed E-state index contributed by atoms with van der Waals surface area (Å²) in [5, 5.41) is 0. The molecule has 0 atom stereocenters. The van der Waals surface area contributed by atoms with Crippen molar-refractivity contribution in [1.29, 1.82) is 0 Å². The van der Waals surface area contributed by atoms with Gasteiger partial charge in [-0.1, -0.05) is 0 Å². The third-order valence-electron chi connectivity index (χ3n) is 1.56. The second-order valence-electron chi connectivity index (χ2n) is 2.42. The van der Waals surface area contributed by atoms with Gasteiger partial charge in [-0.05, 0) is 15.9 Å². The Balaban J connectivity index is 2.53. The van der Waals surface area contributed by atoms with E-state index in [-0.39, 0.29) is 0 Å². The van der Waals surface area contributed by atoms with Gasteiger partial charge in [0.05, 0.1) is 6.21 Å². The number of nitrogens with zero attached hydrogens (tertiary/aromatic N) is 3. The molecule has 5 heteroatoms. The van der Waals surface area contributed by atoms with Gasteiger partial charge >= 0.3 is 0 Å². The Hall–Kier alpha value is -0.840. The second-order valence-corrected chi connectivity index (χ2v) is 3.17. The molecule has 0 amide bonds. The van der Waals surface area contributed by atoms with Gasteiger partial charge in [-0.15, -0.1) is 0 Å². The molecule has 1 aliphatic heterocycles. The number of rotatable bonds is 0. The number of aromatic amines is 1. The largest absolute Gasteiger partial charge is 0.338 e. The highest BCUT2D eigenvalue weighted by atomic mass is 79.9. The van der Waals surface area contributed by atoms with Gasteiger partial charge in [-0.25, -0.2) is 4.98 Å². The van der Waals surface area contributed by atoms with Crippen LogP contribution < -0.4 is 4.90 Å². The summed E-state index contributed by atoms with van der Waals surface area (Å²) < 4.78 is 0.753. The molecule has 1 aromatic rings. The van der Waals surface area contributed by atoms with E-state index in [4.69, 9.17) is 0 Å². The maximum Gasteiger partial charge on any atom is 0.177 e. The van der Waals surface area contributed by atoms with Crippen molar-refractivity contribution < 1.29 is 0 Å². The summed E-state index contributed by atoms with van der Waals surface area (Å²) >= 11 is 3.26. The number of nitrogens with one attached hydrogen (secondary N) is 1. The Morgan fingerprint density at radius 3 is 3.27 bits per heavy atom. The van der Waals surface area contributed by atoms with Crippen LogP contribution in [0.5, 0.6) is 0 Å². The molecule has 0 spiro atoms. The summed E-state index contributed by atoms with van der Waals surface area (Å²) in [5.74, 6) is 0.951. The average Bonchev–Trinajstić information content (AvgIpc) is 2.31. The molecule has 1 aliphatic rings. The average molecular weight is 215 g/mol. The van der Waals surface area contributed by atoms with E-state index in [1.807, 2.05) is 11.9 Å². The summed E-state index contributed by atoms with van der Waals surface area (Å²) in [6, 6.07) is 0. The fraction of sp³-hybridized carbons (Fsp3) is 0.333. The number of hydrogen-bond acceptors (Lipinski definition) is 3. The van der Waals surface area contributed by atoms with Gasteiger partial charge in [-0.3, -0.25) is 4.99 Å². The highest BCUT2D eigenvalue weighted by molar-refractivity contribution is 9.10. The minimum atomic E-state index is 0.685. The molecule has 0 aromatic carbocycles. The predicted octanol–water partition coefficient (Wildman–Crippen LogP) is 0.998. The number of aromatic nitrogens is 2. The molecular formula is C6H7BrN4. The molecule has 58 valence electrons. The molecule has 1 aromatic heterocycles. The van der Waals surface area contributed by atoms with Crippen molar-refractivity contribution in [2.24, 2.45) is 4.99 Å². The van der Waals surface area contributed by atoms with Crippen LogP contribution in [0.2, 0.25) is 0 Å². The smallest absolute Gasteiger partial charge is 0.177 e. The number of imidazole rings is 1. The normalized spacial score (nSPS) is 15.3. The molecule has 11 heavy (non-hydrogen) atoms. The summed E-state index contributed by atoms with van der Waals surface area (Å²) in [5.41, 5.74) is 0.964. The van der Waals surface area contributed by atoms with Gasteiger partial charge in [0.2, 0.25) is 0 Å². The monoisotopic (exact) mass is 214 g/mol. The summed E-state index contributed by atoms with van der Waals surface area (Å²) in [6.45, 7) is 0.685. The third kappa shape index (κ3) is 1.05. The van der Waals surface area contributed by atoms with Crippen LogP contribution in [-0.2, 0) is 0 Å². The van der Waals surface area contributed by atoms with Crippen molar-refractivity contribution in [2.75, 3.05) is 18.6 Å². The van der Waals surface area contributed by atoms with E-state index >= 15 is 0 Å². The lowest BCUT2D eigenvalue weighted by Crippen LogP contribution is -2.21. The van der Waals surface area contributed by atoms with E-state index in [9.17, 15) is 0 Å². The first-order valence-electron chi connectivity index (χ1n) is 3.24. The van der Waals surface area contributed by atoms with Crippen LogP contribution in [-0.4, -0.2) is 29.9 Å². The third-order valence-corrected chi connectivity index (χ3v) is 1.93. The molecule has 2 rings (SSSR count). The molecule has 0 unspecified atom stereocenters. The molecule has 0 saturated carbocycles. The van der Waals surface area contributed by atoms with Crippen molar-refractivity contribution in [2.45, 2.75) is 0 Å². The highest BCUT2D eigenvalue weighted by Gasteiger charge is 2.13. The number of anilines is 1. The van der Waals surface area contributed by atoms with Crippen LogP contribution in [0.3, 0.4) is 0 Å². The molecule has 2 heterocycles. The molecular weight excluding hydrogens is 208 g/mol. The van der Waals surface area contributed by atoms with E-state index in [1.165, 1.54) is 0 Å². The van der Waals surface area contributed by atoms with Gasteiger partial charge in [0.15, 0.2) is 10.6 Å². The Morgan fingerprint density at radius 2 is 2.55 bits per heavy atom. The molecule has 0 fully saturated rings. The number of halogens is 1. The Morgan fingerprint density at radius 1 is 1.73 bits per heavy atom. The SMILES string of the molecule is CN1CN=Cc2[nH]c(Br)nc21. The lowest BCUT2D eigenvalue weighted by molar-refractivity contribution is 0.903. The van der Waals surface area contributed by atoms with E-state index < -0.39 is 0 Å². The summed E-state index contributed by atoms with van der Waals surface area (Å²) in [4.78, 5) is 13.4. The first kappa shape index (κ1) is 6.84. The number of H-pyrrole nitrogens is 1. The first-order chi connectivity index (χ1) is 5.27. The van der Waals surface area contributed by atoms with Gasteiger partial charge in [0, 0.05) is 7.05 Å². The highest BCUT2D eigenvalue weighted by Crippen LogP contribution is 2.20. The molecule has 0 aliphatic carbocycles. The Bertz CT molecular complexity index is 304. The molecule has 0 saturated heterocycles. The van der Waals surface area contributed by atoms with Gasteiger partial charge in [0.25, 0.3) is 0 Å². The van der Waals surface area contributed by atoms with Crippen molar-refractivity contribution in [3.05, 3.63) is 10.4 Å². The molecule has 0 bridgehead atoms.